The van der Waals surface area contributed by atoms with Crippen LogP contribution in [0, 0.1) is 0 Å². The number of hydrogen-bond donors (Lipinski definition) is 1. The number of carbonyl (C=O) groups excluding carboxylic acids is 2. The first-order valence-electron chi connectivity index (χ1n) is 13.9. The summed E-state index contributed by atoms with van der Waals surface area (Å²) in [6, 6.07) is 14.8. The lowest BCUT2D eigenvalue weighted by Crippen LogP contribution is -2.53. The Morgan fingerprint density at radius 1 is 0.977 bits per heavy atom. The van der Waals surface area contributed by atoms with Crippen LogP contribution in [0.4, 0.5) is 18.9 Å². The van der Waals surface area contributed by atoms with Gasteiger partial charge in [-0.3, -0.25) is 13.9 Å². The van der Waals surface area contributed by atoms with Gasteiger partial charge in [-0.15, -0.1) is 0 Å². The minimum absolute atomic E-state index is 0.113. The fraction of sp³-hybridized carbons (Fsp3) is 0.355. The fourth-order valence-corrected chi connectivity index (χ4v) is 6.16. The van der Waals surface area contributed by atoms with Crippen LogP contribution in [0.25, 0.3) is 0 Å². The van der Waals surface area contributed by atoms with Crippen molar-refractivity contribution in [2.45, 2.75) is 63.3 Å². The van der Waals surface area contributed by atoms with Crippen LogP contribution < -0.4 is 14.4 Å². The monoisotopic (exact) mass is 653 g/mol. The van der Waals surface area contributed by atoms with Crippen LogP contribution in [0.2, 0.25) is 5.02 Å². The normalized spacial score (nSPS) is 13.1. The molecule has 0 saturated carbocycles. The predicted molar refractivity (Wildman–Crippen MR) is 163 cm³/mol. The molecule has 2 atom stereocenters. The second kappa shape index (κ2) is 14.8. The molecule has 44 heavy (non-hydrogen) atoms. The Balaban J connectivity index is 2.16. The molecule has 3 aromatic carbocycles. The van der Waals surface area contributed by atoms with Gasteiger partial charge in [-0.25, -0.2) is 8.42 Å². The van der Waals surface area contributed by atoms with Gasteiger partial charge < -0.3 is 15.0 Å². The molecular formula is C31H35ClF3N3O5S. The van der Waals surface area contributed by atoms with Crippen LogP contribution in [-0.2, 0) is 32.3 Å². The van der Waals surface area contributed by atoms with Crippen molar-refractivity contribution in [2.24, 2.45) is 0 Å². The average molecular weight is 654 g/mol. The summed E-state index contributed by atoms with van der Waals surface area (Å²) in [7, 11) is -3.14. The van der Waals surface area contributed by atoms with Gasteiger partial charge in [-0.05, 0) is 67.8 Å². The predicted octanol–water partition coefficient (Wildman–Crippen LogP) is 6.28. The number of hydrogen-bond acceptors (Lipinski definition) is 5. The van der Waals surface area contributed by atoms with Gasteiger partial charge in [0.2, 0.25) is 11.8 Å². The van der Waals surface area contributed by atoms with Crippen molar-refractivity contribution in [3.05, 3.63) is 88.9 Å². The number of rotatable bonds is 13. The van der Waals surface area contributed by atoms with E-state index in [0.29, 0.717) is 28.1 Å². The third-order valence-corrected chi connectivity index (χ3v) is 9.12. The highest BCUT2D eigenvalue weighted by Crippen LogP contribution is 2.37. The molecule has 0 radical (unpaired) electrons. The van der Waals surface area contributed by atoms with Gasteiger partial charge in [0.05, 0.1) is 28.3 Å². The Hall–Kier alpha value is -3.77. The van der Waals surface area contributed by atoms with E-state index in [9.17, 15) is 31.2 Å². The molecule has 0 bridgehead atoms. The summed E-state index contributed by atoms with van der Waals surface area (Å²) in [5.41, 5.74) is -1.09. The second-order valence-electron chi connectivity index (χ2n) is 10.1. The smallest absolute Gasteiger partial charge is 0.416 e. The van der Waals surface area contributed by atoms with Gasteiger partial charge in [0, 0.05) is 12.6 Å². The number of ether oxygens (including phenoxy) is 1. The quantitative estimate of drug-likeness (QED) is 0.234. The molecular weight excluding hydrogens is 619 g/mol. The third kappa shape index (κ3) is 8.44. The molecule has 0 heterocycles. The first kappa shape index (κ1) is 34.7. The van der Waals surface area contributed by atoms with Crippen molar-refractivity contribution in [1.29, 1.82) is 0 Å². The summed E-state index contributed by atoms with van der Waals surface area (Å²) in [5.74, 6) is -0.782. The lowest BCUT2D eigenvalue weighted by Gasteiger charge is -2.34. The van der Waals surface area contributed by atoms with Crippen LogP contribution in [-0.4, -0.2) is 50.9 Å². The van der Waals surface area contributed by atoms with E-state index in [4.69, 9.17) is 16.3 Å². The van der Waals surface area contributed by atoms with E-state index < -0.39 is 51.9 Å². The minimum atomic E-state index is -4.81. The summed E-state index contributed by atoms with van der Waals surface area (Å²) in [6.45, 7) is 4.35. The van der Waals surface area contributed by atoms with Gasteiger partial charge in [-0.1, -0.05) is 55.8 Å². The van der Waals surface area contributed by atoms with Gasteiger partial charge in [0.25, 0.3) is 10.0 Å². The molecule has 0 fully saturated rings. The highest BCUT2D eigenvalue weighted by molar-refractivity contribution is 7.92. The molecule has 3 aromatic rings. The maximum absolute atomic E-state index is 14.2. The minimum Gasteiger partial charge on any atom is -0.497 e. The summed E-state index contributed by atoms with van der Waals surface area (Å²) >= 11 is 6.30. The Kier molecular flexibility index (Phi) is 11.7. The molecule has 0 aliphatic rings. The average Bonchev–Trinajstić information content (AvgIpc) is 2.99. The fourth-order valence-electron chi connectivity index (χ4n) is 4.44. The zero-order valence-electron chi connectivity index (χ0n) is 24.8. The highest BCUT2D eigenvalue weighted by Gasteiger charge is 2.37. The number of nitrogens with zero attached hydrogens (tertiary/aromatic N) is 2. The molecule has 8 nitrogen and oxygen atoms in total. The van der Waals surface area contributed by atoms with E-state index in [1.165, 1.54) is 36.3 Å². The SMILES string of the molecule is CC[C@H](C)NC(=O)[C@H](CC)N(Cc1cccc(OC)c1)C(=O)CN(c1cc(C(F)(F)F)ccc1Cl)S(=O)(=O)c1ccccc1. The first-order chi connectivity index (χ1) is 20.7. The molecule has 1 N–H and O–H groups in total. The van der Waals surface area contributed by atoms with E-state index in [-0.39, 0.29) is 28.9 Å². The number of methoxy groups -OCH3 is 1. The van der Waals surface area contributed by atoms with Crippen LogP contribution in [0.5, 0.6) is 5.75 Å². The van der Waals surface area contributed by atoms with E-state index in [0.717, 1.165) is 12.1 Å². The van der Waals surface area contributed by atoms with Crippen LogP contribution >= 0.6 is 11.6 Å². The molecule has 0 spiro atoms. The van der Waals surface area contributed by atoms with Crippen LogP contribution in [0.3, 0.4) is 0 Å². The van der Waals surface area contributed by atoms with Crippen molar-refractivity contribution in [1.82, 2.24) is 10.2 Å². The van der Waals surface area contributed by atoms with E-state index in [1.54, 1.807) is 37.3 Å². The van der Waals surface area contributed by atoms with E-state index >= 15 is 0 Å². The van der Waals surface area contributed by atoms with Crippen molar-refractivity contribution < 1.29 is 35.9 Å². The number of nitrogens with one attached hydrogen (secondary N) is 1. The van der Waals surface area contributed by atoms with E-state index in [2.05, 4.69) is 5.32 Å². The molecule has 0 aliphatic heterocycles. The molecule has 2 amide bonds. The summed E-state index contributed by atoms with van der Waals surface area (Å²) in [5, 5.41) is 2.55. The molecule has 0 aromatic heterocycles. The van der Waals surface area contributed by atoms with Gasteiger partial charge in [-0.2, -0.15) is 13.2 Å². The molecule has 13 heteroatoms. The van der Waals surface area contributed by atoms with Gasteiger partial charge in [0.1, 0.15) is 18.3 Å². The summed E-state index contributed by atoms with van der Waals surface area (Å²) in [6.07, 6.45) is -4.01. The molecule has 0 aliphatic carbocycles. The highest BCUT2D eigenvalue weighted by atomic mass is 35.5. The van der Waals surface area contributed by atoms with Crippen LogP contribution in [0.1, 0.15) is 44.7 Å². The van der Waals surface area contributed by atoms with Crippen molar-refractivity contribution in [3.8, 4) is 5.75 Å². The number of carbonyl (C=O) groups is 2. The number of anilines is 1. The largest absolute Gasteiger partial charge is 0.497 e. The Morgan fingerprint density at radius 3 is 2.25 bits per heavy atom. The molecule has 0 unspecified atom stereocenters. The number of alkyl halides is 3. The number of benzene rings is 3. The Bertz CT molecular complexity index is 1550. The number of sulfonamides is 1. The van der Waals surface area contributed by atoms with E-state index in [1.807, 2.05) is 13.8 Å². The zero-order chi connectivity index (χ0) is 32.7. The summed E-state index contributed by atoms with van der Waals surface area (Å²) in [4.78, 5) is 28.5. The maximum Gasteiger partial charge on any atom is 0.416 e. The number of amides is 2. The second-order valence-corrected chi connectivity index (χ2v) is 12.4. The van der Waals surface area contributed by atoms with Crippen molar-refractivity contribution in [3.63, 3.8) is 0 Å². The number of halogens is 4. The van der Waals surface area contributed by atoms with Gasteiger partial charge in [0.15, 0.2) is 0 Å². The Morgan fingerprint density at radius 2 is 1.66 bits per heavy atom. The molecule has 238 valence electrons. The summed E-state index contributed by atoms with van der Waals surface area (Å²) < 4.78 is 74.8. The first-order valence-corrected chi connectivity index (χ1v) is 15.7. The Labute approximate surface area is 260 Å². The van der Waals surface area contributed by atoms with Crippen LogP contribution in [0.15, 0.2) is 77.7 Å². The van der Waals surface area contributed by atoms with Crippen molar-refractivity contribution in [2.75, 3.05) is 18.0 Å². The molecule has 0 saturated heterocycles. The lowest BCUT2D eigenvalue weighted by atomic mass is 10.1. The lowest BCUT2D eigenvalue weighted by molar-refractivity contribution is -0.140. The maximum atomic E-state index is 14.2. The van der Waals surface area contributed by atoms with Crippen molar-refractivity contribution >= 4 is 39.1 Å². The zero-order valence-corrected chi connectivity index (χ0v) is 26.3. The third-order valence-electron chi connectivity index (χ3n) is 7.03. The van der Waals surface area contributed by atoms with Gasteiger partial charge >= 0.3 is 6.18 Å². The topological polar surface area (TPSA) is 96.0 Å². The molecule has 3 rings (SSSR count). The standard InChI is InChI=1S/C31H35ClF3N3O5S/c1-5-21(3)36-30(40)27(6-2)37(19-22-11-10-12-24(17-22)43-4)29(39)20-38(44(41,42)25-13-8-7-9-14-25)28-18-23(31(33,34)35)15-16-26(28)32/h7-18,21,27H,5-6,19-20H2,1-4H3,(H,36,40)/t21-,27-/m0/s1.